The quantitative estimate of drug-likeness (QED) is 0.695. The highest BCUT2D eigenvalue weighted by Gasteiger charge is 2.40. The molecule has 0 saturated heterocycles. The summed E-state index contributed by atoms with van der Waals surface area (Å²) in [4.78, 5) is 0. The van der Waals surface area contributed by atoms with E-state index >= 15 is 0 Å². The topological polar surface area (TPSA) is 4.93 Å². The van der Waals surface area contributed by atoms with Gasteiger partial charge in [-0.1, -0.05) is 19.9 Å². The Morgan fingerprint density at radius 2 is 2.00 bits per heavy atom. The van der Waals surface area contributed by atoms with Gasteiger partial charge in [0.1, 0.15) is 12.4 Å². The molecule has 0 spiro atoms. The monoisotopic (exact) mass is 299 g/mol. The van der Waals surface area contributed by atoms with Crippen LogP contribution in [-0.4, -0.2) is 10.7 Å². The van der Waals surface area contributed by atoms with E-state index in [0.29, 0.717) is 23.3 Å². The van der Waals surface area contributed by atoms with Crippen LogP contribution in [0.2, 0.25) is 0 Å². The fraction of sp³-hybridized carbons (Fsp3) is 0.500. The lowest BCUT2D eigenvalue weighted by Crippen LogP contribution is -2.16. The summed E-state index contributed by atoms with van der Waals surface area (Å²) >= 11 is 0. The molecule has 2 atom stereocenters. The molecule has 1 aliphatic rings. The van der Waals surface area contributed by atoms with E-state index in [-0.39, 0.29) is 5.39 Å². The first-order chi connectivity index (χ1) is 9.76. The largest absolute Gasteiger partial charge is 0.406 e. The fourth-order valence-electron chi connectivity index (χ4n) is 3.15. The van der Waals surface area contributed by atoms with Crippen LogP contribution in [0.5, 0.6) is 0 Å². The van der Waals surface area contributed by atoms with E-state index < -0.39 is 18.5 Å². The van der Waals surface area contributed by atoms with Gasteiger partial charge in [-0.05, 0) is 41.9 Å². The molecule has 0 aliphatic heterocycles. The summed E-state index contributed by atoms with van der Waals surface area (Å²) < 4.78 is 52.4. The second-order valence-corrected chi connectivity index (χ2v) is 6.25. The number of hydrogen-bond acceptors (Lipinski definition) is 0. The van der Waals surface area contributed by atoms with E-state index in [0.717, 1.165) is 22.7 Å². The normalized spacial score (nSPS) is 22.2. The number of rotatable bonds is 3. The highest BCUT2D eigenvalue weighted by atomic mass is 19.4. The molecule has 21 heavy (non-hydrogen) atoms. The maximum atomic E-state index is 13.7. The van der Waals surface area contributed by atoms with E-state index in [2.05, 4.69) is 13.8 Å². The molecule has 2 aromatic rings. The maximum Gasteiger partial charge on any atom is 0.406 e. The molecule has 0 bridgehead atoms. The van der Waals surface area contributed by atoms with E-state index in [1.165, 1.54) is 0 Å². The lowest BCUT2D eigenvalue weighted by molar-refractivity contribution is -0.139. The molecule has 0 radical (unpaired) electrons. The van der Waals surface area contributed by atoms with Gasteiger partial charge in [-0.2, -0.15) is 13.2 Å². The van der Waals surface area contributed by atoms with Gasteiger partial charge in [0.25, 0.3) is 0 Å². The summed E-state index contributed by atoms with van der Waals surface area (Å²) in [5, 5.41) is 0.254. The van der Waals surface area contributed by atoms with Gasteiger partial charge >= 0.3 is 6.18 Å². The van der Waals surface area contributed by atoms with Crippen molar-refractivity contribution < 1.29 is 17.6 Å². The molecular weight excluding hydrogens is 282 g/mol. The van der Waals surface area contributed by atoms with Crippen molar-refractivity contribution in [3.8, 4) is 0 Å². The van der Waals surface area contributed by atoms with Crippen LogP contribution in [0.3, 0.4) is 0 Å². The number of halogens is 4. The van der Waals surface area contributed by atoms with E-state index in [1.807, 2.05) is 6.07 Å². The zero-order valence-corrected chi connectivity index (χ0v) is 11.9. The summed E-state index contributed by atoms with van der Waals surface area (Å²) in [6.07, 6.45) is -2.35. The predicted molar refractivity (Wildman–Crippen MR) is 73.6 cm³/mol. The first-order valence-electron chi connectivity index (χ1n) is 7.11. The van der Waals surface area contributed by atoms with Gasteiger partial charge in [0.05, 0.1) is 5.52 Å². The molecule has 114 valence electrons. The van der Waals surface area contributed by atoms with Gasteiger partial charge in [0.15, 0.2) is 0 Å². The van der Waals surface area contributed by atoms with Crippen LogP contribution in [0.25, 0.3) is 10.9 Å². The average Bonchev–Trinajstić information content (AvgIpc) is 3.11. The van der Waals surface area contributed by atoms with Crippen LogP contribution < -0.4 is 0 Å². The predicted octanol–water partition coefficient (Wildman–Crippen LogP) is 5.10. The Bertz CT molecular complexity index is 669. The number of fused-ring (bicyclic) bond motifs is 1. The molecule has 1 saturated carbocycles. The second-order valence-electron chi connectivity index (χ2n) is 6.25. The number of aromatic nitrogens is 1. The minimum absolute atomic E-state index is 0.254. The number of hydrogen-bond donors (Lipinski definition) is 0. The van der Waals surface area contributed by atoms with Gasteiger partial charge in [0, 0.05) is 11.6 Å². The lowest BCUT2D eigenvalue weighted by atomic mass is 10.0. The fourth-order valence-corrected chi connectivity index (χ4v) is 3.15. The van der Waals surface area contributed by atoms with Crippen LogP contribution >= 0.6 is 0 Å². The molecule has 5 heteroatoms. The third kappa shape index (κ3) is 2.78. The van der Waals surface area contributed by atoms with Crippen LogP contribution in [0.1, 0.15) is 31.7 Å². The van der Waals surface area contributed by atoms with Crippen molar-refractivity contribution in [1.29, 1.82) is 0 Å². The molecule has 0 amide bonds. The Kier molecular flexibility index (Phi) is 3.26. The standard InChI is InChI=1S/C16H17F4N/c1-9(2)12-6-13(12)10-3-4-11-14(17)7-21(15(11)5-10)8-16(18,19)20/h3-5,7,9,12-13H,6,8H2,1-2H3/t12-,13-/m1/s1. The van der Waals surface area contributed by atoms with Crippen molar-refractivity contribution >= 4 is 10.9 Å². The zero-order chi connectivity index (χ0) is 15.4. The molecule has 0 unspecified atom stereocenters. The molecule has 1 heterocycles. The van der Waals surface area contributed by atoms with Crippen molar-refractivity contribution in [2.45, 2.75) is 38.9 Å². The summed E-state index contributed by atoms with van der Waals surface area (Å²) in [6, 6.07) is 5.16. The molecule has 3 rings (SSSR count). The highest BCUT2D eigenvalue weighted by Crippen LogP contribution is 2.52. The Morgan fingerprint density at radius 3 is 2.57 bits per heavy atom. The molecule has 0 N–H and O–H groups in total. The second kappa shape index (κ2) is 4.75. The Hall–Kier alpha value is -1.52. The van der Waals surface area contributed by atoms with Crippen molar-refractivity contribution in [1.82, 2.24) is 4.57 Å². The van der Waals surface area contributed by atoms with Gasteiger partial charge < -0.3 is 4.57 Å². The molecule has 1 aromatic heterocycles. The Morgan fingerprint density at radius 1 is 1.29 bits per heavy atom. The van der Waals surface area contributed by atoms with Crippen molar-refractivity contribution in [3.05, 3.63) is 35.8 Å². The Balaban J connectivity index is 1.98. The third-order valence-electron chi connectivity index (χ3n) is 4.33. The minimum Gasteiger partial charge on any atom is -0.335 e. The molecule has 1 fully saturated rings. The molecule has 1 aromatic carbocycles. The molecular formula is C16H17F4N. The van der Waals surface area contributed by atoms with Gasteiger partial charge in [-0.3, -0.25) is 0 Å². The summed E-state index contributed by atoms with van der Waals surface area (Å²) in [5.74, 6) is 0.937. The number of benzene rings is 1. The smallest absolute Gasteiger partial charge is 0.335 e. The van der Waals surface area contributed by atoms with Crippen molar-refractivity contribution in [2.75, 3.05) is 0 Å². The van der Waals surface area contributed by atoms with Gasteiger partial charge in [-0.15, -0.1) is 0 Å². The highest BCUT2D eigenvalue weighted by molar-refractivity contribution is 5.82. The maximum absolute atomic E-state index is 13.7. The van der Waals surface area contributed by atoms with Gasteiger partial charge in [-0.25, -0.2) is 4.39 Å². The van der Waals surface area contributed by atoms with Crippen LogP contribution in [0.4, 0.5) is 17.6 Å². The van der Waals surface area contributed by atoms with Crippen LogP contribution in [-0.2, 0) is 6.54 Å². The van der Waals surface area contributed by atoms with E-state index in [1.54, 1.807) is 12.1 Å². The molecule has 1 aliphatic carbocycles. The average molecular weight is 299 g/mol. The zero-order valence-electron chi connectivity index (χ0n) is 11.9. The summed E-state index contributed by atoms with van der Waals surface area (Å²) in [6.45, 7) is 3.14. The third-order valence-corrected chi connectivity index (χ3v) is 4.33. The van der Waals surface area contributed by atoms with Gasteiger partial charge in [0.2, 0.25) is 0 Å². The Labute approximate surface area is 120 Å². The van der Waals surface area contributed by atoms with Crippen LogP contribution in [0, 0.1) is 17.7 Å². The number of nitrogens with zero attached hydrogens (tertiary/aromatic N) is 1. The first-order valence-corrected chi connectivity index (χ1v) is 7.11. The van der Waals surface area contributed by atoms with Crippen molar-refractivity contribution in [2.24, 2.45) is 11.8 Å². The van der Waals surface area contributed by atoms with E-state index in [9.17, 15) is 17.6 Å². The number of alkyl halides is 3. The minimum atomic E-state index is -4.35. The summed E-state index contributed by atoms with van der Waals surface area (Å²) in [7, 11) is 0. The van der Waals surface area contributed by atoms with Crippen molar-refractivity contribution in [3.63, 3.8) is 0 Å². The summed E-state index contributed by atoms with van der Waals surface area (Å²) in [5.41, 5.74) is 1.35. The SMILES string of the molecule is CC(C)[C@H]1C[C@@H]1c1ccc2c(F)cn(CC(F)(F)F)c2c1. The first kappa shape index (κ1) is 14.4. The lowest BCUT2D eigenvalue weighted by Gasteiger charge is -2.10. The van der Waals surface area contributed by atoms with E-state index in [4.69, 9.17) is 0 Å². The van der Waals surface area contributed by atoms with Crippen LogP contribution in [0.15, 0.2) is 24.4 Å². The molecule has 1 nitrogen and oxygen atoms in total.